The molecule has 2 aromatic carbocycles. The van der Waals surface area contributed by atoms with Crippen molar-refractivity contribution in [2.24, 2.45) is 7.05 Å². The van der Waals surface area contributed by atoms with Crippen molar-refractivity contribution in [2.45, 2.75) is 25.9 Å². The zero-order valence-corrected chi connectivity index (χ0v) is 20.8. The van der Waals surface area contributed by atoms with E-state index in [1.54, 1.807) is 32.4 Å². The lowest BCUT2D eigenvalue weighted by molar-refractivity contribution is 0.0714. The Morgan fingerprint density at radius 2 is 1.85 bits per heavy atom. The van der Waals surface area contributed by atoms with Crippen molar-refractivity contribution < 1.29 is 19.1 Å². The summed E-state index contributed by atoms with van der Waals surface area (Å²) in [5.41, 5.74) is 1.92. The minimum absolute atomic E-state index is 0.118. The number of carbonyl (C=O) groups excluding carboxylic acids is 2. The standard InChI is InChI=1S/C25H27BrN4O4/c1-29-23(25(32)30-12-6-3-7-13-30)20(15-27-29)28-24(31)17-10-11-21(33-2)18(14-17)16-34-22-9-5-4-8-19(22)26/h4-5,8-11,14-15H,3,6-7,12-13,16H2,1-2H3,(H,28,31). The highest BCUT2D eigenvalue weighted by atomic mass is 79.9. The smallest absolute Gasteiger partial charge is 0.274 e. The zero-order chi connectivity index (χ0) is 24.1. The van der Waals surface area contributed by atoms with Gasteiger partial charge in [0.1, 0.15) is 23.8 Å². The van der Waals surface area contributed by atoms with Crippen LogP contribution in [0, 0.1) is 0 Å². The van der Waals surface area contributed by atoms with E-state index in [-0.39, 0.29) is 18.4 Å². The predicted molar refractivity (Wildman–Crippen MR) is 132 cm³/mol. The molecule has 1 N–H and O–H groups in total. The molecule has 0 radical (unpaired) electrons. The molecular formula is C25H27BrN4O4. The number of hydrogen-bond donors (Lipinski definition) is 1. The van der Waals surface area contributed by atoms with Crippen LogP contribution in [0.25, 0.3) is 0 Å². The Labute approximate surface area is 207 Å². The summed E-state index contributed by atoms with van der Waals surface area (Å²) in [5, 5.41) is 7.06. The predicted octanol–water partition coefficient (Wildman–Crippen LogP) is 4.65. The molecule has 9 heteroatoms. The van der Waals surface area contributed by atoms with Gasteiger partial charge in [-0.3, -0.25) is 14.3 Å². The zero-order valence-electron chi connectivity index (χ0n) is 19.2. The number of piperidine rings is 1. The lowest BCUT2D eigenvalue weighted by atomic mass is 10.1. The van der Waals surface area contributed by atoms with Crippen LogP contribution in [-0.4, -0.2) is 46.7 Å². The number of para-hydroxylation sites is 1. The molecule has 1 aromatic heterocycles. The van der Waals surface area contributed by atoms with Crippen molar-refractivity contribution >= 4 is 33.4 Å². The van der Waals surface area contributed by atoms with Crippen LogP contribution in [0.15, 0.2) is 53.1 Å². The molecular weight excluding hydrogens is 500 g/mol. The average Bonchev–Trinajstić information content (AvgIpc) is 3.22. The maximum atomic E-state index is 13.1. The number of anilines is 1. The lowest BCUT2D eigenvalue weighted by Gasteiger charge is -2.27. The van der Waals surface area contributed by atoms with Gasteiger partial charge in [0, 0.05) is 31.3 Å². The number of methoxy groups -OCH3 is 1. The molecule has 0 saturated carbocycles. The van der Waals surface area contributed by atoms with Gasteiger partial charge in [0.2, 0.25) is 0 Å². The van der Waals surface area contributed by atoms with Gasteiger partial charge in [-0.05, 0) is 65.5 Å². The van der Waals surface area contributed by atoms with Gasteiger partial charge in [-0.1, -0.05) is 12.1 Å². The van der Waals surface area contributed by atoms with E-state index in [2.05, 4.69) is 26.3 Å². The molecule has 8 nitrogen and oxygen atoms in total. The summed E-state index contributed by atoms with van der Waals surface area (Å²) < 4.78 is 13.7. The molecule has 0 atom stereocenters. The highest BCUT2D eigenvalue weighted by molar-refractivity contribution is 9.10. The van der Waals surface area contributed by atoms with Crippen LogP contribution >= 0.6 is 15.9 Å². The number of ether oxygens (including phenoxy) is 2. The average molecular weight is 527 g/mol. The molecule has 3 aromatic rings. The topological polar surface area (TPSA) is 85.7 Å². The van der Waals surface area contributed by atoms with E-state index >= 15 is 0 Å². The van der Waals surface area contributed by atoms with Gasteiger partial charge in [0.25, 0.3) is 11.8 Å². The lowest BCUT2D eigenvalue weighted by Crippen LogP contribution is -2.37. The first kappa shape index (κ1) is 23.8. The Morgan fingerprint density at radius 3 is 2.59 bits per heavy atom. The van der Waals surface area contributed by atoms with Crippen LogP contribution < -0.4 is 14.8 Å². The van der Waals surface area contributed by atoms with Crippen LogP contribution in [0.5, 0.6) is 11.5 Å². The Kier molecular flexibility index (Phi) is 7.52. The third-order valence-corrected chi connectivity index (χ3v) is 6.45. The Hall–Kier alpha value is -3.33. The molecule has 1 saturated heterocycles. The minimum atomic E-state index is -0.342. The Morgan fingerprint density at radius 1 is 1.09 bits per heavy atom. The van der Waals surface area contributed by atoms with E-state index in [0.29, 0.717) is 28.4 Å². The van der Waals surface area contributed by atoms with Gasteiger partial charge >= 0.3 is 0 Å². The van der Waals surface area contributed by atoms with E-state index in [0.717, 1.165) is 42.4 Å². The second-order valence-corrected chi connectivity index (χ2v) is 8.94. The number of carbonyl (C=O) groups is 2. The minimum Gasteiger partial charge on any atom is -0.496 e. The summed E-state index contributed by atoms with van der Waals surface area (Å²) in [7, 11) is 3.28. The highest BCUT2D eigenvalue weighted by Gasteiger charge is 2.25. The van der Waals surface area contributed by atoms with E-state index in [9.17, 15) is 9.59 Å². The molecule has 0 spiro atoms. The van der Waals surface area contributed by atoms with Gasteiger partial charge in [-0.25, -0.2) is 0 Å². The number of likely N-dealkylation sites (tertiary alicyclic amines) is 1. The maximum Gasteiger partial charge on any atom is 0.274 e. The number of benzene rings is 2. The first-order valence-corrected chi connectivity index (χ1v) is 11.9. The molecule has 178 valence electrons. The SMILES string of the molecule is COc1ccc(C(=O)Nc2cnn(C)c2C(=O)N2CCCCC2)cc1COc1ccccc1Br. The third-order valence-electron chi connectivity index (χ3n) is 5.80. The molecule has 1 fully saturated rings. The number of halogens is 1. The van der Waals surface area contributed by atoms with Crippen LogP contribution in [0.1, 0.15) is 45.7 Å². The van der Waals surface area contributed by atoms with E-state index in [1.807, 2.05) is 29.2 Å². The van der Waals surface area contributed by atoms with E-state index in [4.69, 9.17) is 9.47 Å². The number of rotatable bonds is 7. The van der Waals surface area contributed by atoms with Gasteiger partial charge in [0.15, 0.2) is 0 Å². The summed E-state index contributed by atoms with van der Waals surface area (Å²) in [6.07, 6.45) is 4.61. The van der Waals surface area contributed by atoms with Crippen LogP contribution in [-0.2, 0) is 13.7 Å². The molecule has 2 heterocycles. The number of nitrogens with one attached hydrogen (secondary N) is 1. The Bertz CT molecular complexity index is 1190. The van der Waals surface area contributed by atoms with Gasteiger partial charge < -0.3 is 19.7 Å². The first-order valence-electron chi connectivity index (χ1n) is 11.1. The van der Waals surface area contributed by atoms with Crippen LogP contribution in [0.2, 0.25) is 0 Å². The largest absolute Gasteiger partial charge is 0.496 e. The number of aromatic nitrogens is 2. The molecule has 1 aliphatic heterocycles. The number of aryl methyl sites for hydroxylation is 1. The quantitative estimate of drug-likeness (QED) is 0.484. The number of hydrogen-bond acceptors (Lipinski definition) is 5. The van der Waals surface area contributed by atoms with Gasteiger partial charge in [-0.2, -0.15) is 5.10 Å². The van der Waals surface area contributed by atoms with Gasteiger partial charge in [-0.15, -0.1) is 0 Å². The van der Waals surface area contributed by atoms with Crippen molar-refractivity contribution in [3.63, 3.8) is 0 Å². The second-order valence-electron chi connectivity index (χ2n) is 8.08. The molecule has 0 bridgehead atoms. The van der Waals surface area contributed by atoms with Crippen molar-refractivity contribution in [1.82, 2.24) is 14.7 Å². The van der Waals surface area contributed by atoms with Crippen molar-refractivity contribution in [3.8, 4) is 11.5 Å². The molecule has 0 aliphatic carbocycles. The normalized spacial score (nSPS) is 13.4. The third kappa shape index (κ3) is 5.25. The monoisotopic (exact) mass is 526 g/mol. The van der Waals surface area contributed by atoms with Crippen molar-refractivity contribution in [1.29, 1.82) is 0 Å². The number of nitrogens with zero attached hydrogens (tertiary/aromatic N) is 3. The molecule has 34 heavy (non-hydrogen) atoms. The second kappa shape index (κ2) is 10.7. The van der Waals surface area contributed by atoms with E-state index in [1.165, 1.54) is 10.9 Å². The van der Waals surface area contributed by atoms with Crippen molar-refractivity contribution in [3.05, 3.63) is 70.0 Å². The highest BCUT2D eigenvalue weighted by Crippen LogP contribution is 2.28. The van der Waals surface area contributed by atoms with Crippen molar-refractivity contribution in [2.75, 3.05) is 25.5 Å². The summed E-state index contributed by atoms with van der Waals surface area (Å²) in [5.74, 6) is 0.847. The van der Waals surface area contributed by atoms with E-state index < -0.39 is 0 Å². The molecule has 4 rings (SSSR count). The fraction of sp³-hybridized carbons (Fsp3) is 0.320. The Balaban J connectivity index is 1.52. The number of amides is 2. The molecule has 1 aliphatic rings. The first-order chi connectivity index (χ1) is 16.5. The maximum absolute atomic E-state index is 13.1. The summed E-state index contributed by atoms with van der Waals surface area (Å²) in [4.78, 5) is 28.0. The van der Waals surface area contributed by atoms with Gasteiger partial charge in [0.05, 0.1) is 23.5 Å². The molecule has 2 amide bonds. The van der Waals surface area contributed by atoms with Crippen LogP contribution in [0.3, 0.4) is 0 Å². The fourth-order valence-corrected chi connectivity index (χ4v) is 4.37. The molecule has 0 unspecified atom stereocenters. The summed E-state index contributed by atoms with van der Waals surface area (Å²) in [6, 6.07) is 12.7. The van der Waals surface area contributed by atoms with Crippen LogP contribution in [0.4, 0.5) is 5.69 Å². The fourth-order valence-electron chi connectivity index (χ4n) is 3.97. The summed E-state index contributed by atoms with van der Waals surface area (Å²) >= 11 is 3.47. The summed E-state index contributed by atoms with van der Waals surface area (Å²) in [6.45, 7) is 1.66.